The van der Waals surface area contributed by atoms with E-state index in [4.69, 9.17) is 4.74 Å². The number of sulfonamides is 1. The normalized spacial score (nSPS) is 16.8. The fourth-order valence-corrected chi connectivity index (χ4v) is 5.12. The quantitative estimate of drug-likeness (QED) is 0.703. The van der Waals surface area contributed by atoms with Gasteiger partial charge in [0.15, 0.2) is 0 Å². The third-order valence-corrected chi connectivity index (χ3v) is 7.09. The average Bonchev–Trinajstić information content (AvgIpc) is 3.03. The van der Waals surface area contributed by atoms with Gasteiger partial charge in [-0.25, -0.2) is 8.42 Å². The Kier molecular flexibility index (Phi) is 5.14. The lowest BCUT2D eigenvalue weighted by Crippen LogP contribution is -2.40. The van der Waals surface area contributed by atoms with Gasteiger partial charge in [-0.2, -0.15) is 4.31 Å². The number of anilines is 1. The number of fused-ring (bicyclic) bond motifs is 1. The highest BCUT2D eigenvalue weighted by molar-refractivity contribution is 7.89. The Bertz CT molecular complexity index is 1170. The van der Waals surface area contributed by atoms with Gasteiger partial charge in [-0.1, -0.05) is 12.1 Å². The number of imide groups is 1. The number of aryl methyl sites for hydroxylation is 1. The fraction of sp³-hybridized carbons (Fsp3) is 0.250. The molecule has 3 amide bonds. The van der Waals surface area contributed by atoms with E-state index in [9.17, 15) is 22.8 Å². The van der Waals surface area contributed by atoms with Crippen molar-refractivity contribution in [2.24, 2.45) is 0 Å². The van der Waals surface area contributed by atoms with Crippen molar-refractivity contribution in [3.05, 3.63) is 58.7 Å². The van der Waals surface area contributed by atoms with E-state index in [1.54, 1.807) is 19.1 Å². The largest absolute Gasteiger partial charge is 0.379 e. The van der Waals surface area contributed by atoms with Crippen molar-refractivity contribution in [3.8, 4) is 0 Å². The molecule has 0 bridgehead atoms. The van der Waals surface area contributed by atoms with E-state index in [2.05, 4.69) is 10.6 Å². The third kappa shape index (κ3) is 3.49. The van der Waals surface area contributed by atoms with Gasteiger partial charge >= 0.3 is 0 Å². The number of amides is 3. The molecular formula is C20H19N3O6S. The van der Waals surface area contributed by atoms with Crippen LogP contribution >= 0.6 is 0 Å². The Morgan fingerprint density at radius 3 is 2.57 bits per heavy atom. The number of nitrogens with zero attached hydrogens (tertiary/aromatic N) is 1. The van der Waals surface area contributed by atoms with Crippen LogP contribution in [0.25, 0.3) is 0 Å². The van der Waals surface area contributed by atoms with E-state index < -0.39 is 27.7 Å². The van der Waals surface area contributed by atoms with E-state index in [1.165, 1.54) is 28.6 Å². The van der Waals surface area contributed by atoms with Gasteiger partial charge in [0, 0.05) is 18.7 Å². The number of ether oxygens (including phenoxy) is 1. The maximum Gasteiger partial charge on any atom is 0.261 e. The van der Waals surface area contributed by atoms with Crippen LogP contribution in [0.2, 0.25) is 0 Å². The Balaban J connectivity index is 1.65. The zero-order valence-electron chi connectivity index (χ0n) is 16.1. The number of carbonyl (C=O) groups excluding carboxylic acids is 3. The van der Waals surface area contributed by atoms with E-state index in [0.717, 1.165) is 0 Å². The molecule has 2 aliphatic rings. The molecule has 1 saturated heterocycles. The maximum atomic E-state index is 13.0. The van der Waals surface area contributed by atoms with Gasteiger partial charge in [-0.15, -0.1) is 0 Å². The van der Waals surface area contributed by atoms with E-state index in [1.807, 2.05) is 0 Å². The predicted molar refractivity (Wildman–Crippen MR) is 107 cm³/mol. The Labute approximate surface area is 173 Å². The molecule has 2 aliphatic heterocycles. The molecule has 2 heterocycles. The SMILES string of the molecule is Cc1ccc(C(=O)Nc2cccc3c2C(=O)NC3=O)cc1S(=O)(=O)N1CCOCC1. The second kappa shape index (κ2) is 7.63. The number of hydrogen-bond acceptors (Lipinski definition) is 6. The maximum absolute atomic E-state index is 13.0. The number of carbonyl (C=O) groups is 3. The van der Waals surface area contributed by atoms with Gasteiger partial charge in [-0.05, 0) is 36.8 Å². The van der Waals surface area contributed by atoms with E-state index in [0.29, 0.717) is 18.8 Å². The van der Waals surface area contributed by atoms with Gasteiger partial charge in [0.05, 0.1) is 34.9 Å². The molecule has 0 spiro atoms. The monoisotopic (exact) mass is 429 g/mol. The molecule has 10 heteroatoms. The number of nitrogens with one attached hydrogen (secondary N) is 2. The van der Waals surface area contributed by atoms with Gasteiger partial charge in [0.25, 0.3) is 17.7 Å². The molecule has 2 N–H and O–H groups in total. The lowest BCUT2D eigenvalue weighted by atomic mass is 10.1. The first kappa shape index (κ1) is 20.2. The van der Waals surface area contributed by atoms with Gasteiger partial charge < -0.3 is 10.1 Å². The van der Waals surface area contributed by atoms with Crippen molar-refractivity contribution in [1.29, 1.82) is 0 Å². The zero-order valence-corrected chi connectivity index (χ0v) is 16.9. The highest BCUT2D eigenvalue weighted by Gasteiger charge is 2.31. The van der Waals surface area contributed by atoms with Crippen LogP contribution in [0.5, 0.6) is 0 Å². The molecular weight excluding hydrogens is 410 g/mol. The summed E-state index contributed by atoms with van der Waals surface area (Å²) in [5, 5.41) is 4.79. The molecule has 2 aromatic carbocycles. The van der Waals surface area contributed by atoms with Crippen LogP contribution in [0.4, 0.5) is 5.69 Å². The highest BCUT2D eigenvalue weighted by atomic mass is 32.2. The number of hydrogen-bond donors (Lipinski definition) is 2. The van der Waals surface area contributed by atoms with Crippen LogP contribution in [0, 0.1) is 6.92 Å². The average molecular weight is 429 g/mol. The summed E-state index contributed by atoms with van der Waals surface area (Å²) in [4.78, 5) is 36.7. The van der Waals surface area contributed by atoms with Crippen LogP contribution in [0.15, 0.2) is 41.3 Å². The summed E-state index contributed by atoms with van der Waals surface area (Å²) in [7, 11) is -3.78. The first-order valence-corrected chi connectivity index (χ1v) is 10.7. The van der Waals surface area contributed by atoms with Crippen LogP contribution in [0.3, 0.4) is 0 Å². The predicted octanol–water partition coefficient (Wildman–Crippen LogP) is 1.15. The Morgan fingerprint density at radius 2 is 1.83 bits per heavy atom. The number of benzene rings is 2. The third-order valence-electron chi connectivity index (χ3n) is 5.05. The first-order chi connectivity index (χ1) is 14.3. The molecule has 30 heavy (non-hydrogen) atoms. The Morgan fingerprint density at radius 1 is 1.10 bits per heavy atom. The van der Waals surface area contributed by atoms with Crippen molar-refractivity contribution in [1.82, 2.24) is 9.62 Å². The summed E-state index contributed by atoms with van der Waals surface area (Å²) in [6.45, 7) is 2.79. The summed E-state index contributed by atoms with van der Waals surface area (Å²) in [5.74, 6) is -1.71. The van der Waals surface area contributed by atoms with Crippen LogP contribution in [0.1, 0.15) is 36.6 Å². The minimum atomic E-state index is -3.78. The lowest BCUT2D eigenvalue weighted by Gasteiger charge is -2.26. The highest BCUT2D eigenvalue weighted by Crippen LogP contribution is 2.26. The van der Waals surface area contributed by atoms with Crippen molar-refractivity contribution < 1.29 is 27.5 Å². The fourth-order valence-electron chi connectivity index (χ4n) is 3.46. The summed E-state index contributed by atoms with van der Waals surface area (Å²) in [5.41, 5.74) is 1.08. The van der Waals surface area contributed by atoms with Crippen LogP contribution in [-0.2, 0) is 14.8 Å². The summed E-state index contributed by atoms with van der Waals surface area (Å²) < 4.78 is 32.6. The molecule has 4 rings (SSSR count). The number of morpholine rings is 1. The van der Waals surface area contributed by atoms with Gasteiger partial charge in [0.1, 0.15) is 0 Å². The molecule has 0 saturated carbocycles. The van der Waals surface area contributed by atoms with E-state index in [-0.39, 0.29) is 40.4 Å². The van der Waals surface area contributed by atoms with Gasteiger partial charge in [0.2, 0.25) is 10.0 Å². The molecule has 2 aromatic rings. The molecule has 156 valence electrons. The van der Waals surface area contributed by atoms with E-state index >= 15 is 0 Å². The Hall–Kier alpha value is -3.08. The topological polar surface area (TPSA) is 122 Å². The van der Waals surface area contributed by atoms with Gasteiger partial charge in [-0.3, -0.25) is 19.7 Å². The minimum Gasteiger partial charge on any atom is -0.379 e. The lowest BCUT2D eigenvalue weighted by molar-refractivity contribution is 0.0730. The molecule has 9 nitrogen and oxygen atoms in total. The standard InChI is InChI=1S/C20H19N3O6S/c1-12-5-6-13(11-16(12)30(27,28)23-7-9-29-10-8-23)18(24)21-15-4-2-3-14-17(15)20(26)22-19(14)25/h2-6,11H,7-10H2,1H3,(H,21,24)(H,22,25,26). The molecule has 1 fully saturated rings. The number of rotatable bonds is 4. The minimum absolute atomic E-state index is 0.0447. The summed E-state index contributed by atoms with van der Waals surface area (Å²) in [6.07, 6.45) is 0. The second-order valence-electron chi connectivity index (χ2n) is 6.96. The molecule has 0 radical (unpaired) electrons. The van der Waals surface area contributed by atoms with Crippen LogP contribution in [-0.4, -0.2) is 56.7 Å². The first-order valence-electron chi connectivity index (χ1n) is 9.27. The van der Waals surface area contributed by atoms with Crippen molar-refractivity contribution in [2.45, 2.75) is 11.8 Å². The van der Waals surface area contributed by atoms with Crippen molar-refractivity contribution in [3.63, 3.8) is 0 Å². The molecule has 0 atom stereocenters. The molecule has 0 aliphatic carbocycles. The van der Waals surface area contributed by atoms with Crippen molar-refractivity contribution >= 4 is 33.4 Å². The molecule has 0 unspecified atom stereocenters. The van der Waals surface area contributed by atoms with Crippen molar-refractivity contribution in [2.75, 3.05) is 31.6 Å². The zero-order chi connectivity index (χ0) is 21.5. The second-order valence-corrected chi connectivity index (χ2v) is 8.87. The smallest absolute Gasteiger partial charge is 0.261 e. The van der Waals surface area contributed by atoms with Crippen LogP contribution < -0.4 is 10.6 Å². The molecule has 0 aromatic heterocycles. The summed E-state index contributed by atoms with van der Waals surface area (Å²) in [6, 6.07) is 8.95. The summed E-state index contributed by atoms with van der Waals surface area (Å²) >= 11 is 0.